The highest BCUT2D eigenvalue weighted by atomic mass is 19.1. The predicted octanol–water partition coefficient (Wildman–Crippen LogP) is 4.09. The molecule has 42 heavy (non-hydrogen) atoms. The number of alkyl halides is 1. The number of hydrogen-bond donors (Lipinski definition) is 2. The van der Waals surface area contributed by atoms with E-state index in [2.05, 4.69) is 42.1 Å². The van der Waals surface area contributed by atoms with Gasteiger partial charge in [-0.2, -0.15) is 0 Å². The molecule has 9 rings (SSSR count). The molecule has 5 fully saturated rings. The second-order valence-corrected chi connectivity index (χ2v) is 11.9. The summed E-state index contributed by atoms with van der Waals surface area (Å²) in [5, 5.41) is 23.0. The van der Waals surface area contributed by atoms with Crippen molar-refractivity contribution >= 4 is 27.6 Å². The first-order valence-electron chi connectivity index (χ1n) is 14.5. The maximum Gasteiger partial charge on any atom is 0.207 e. The summed E-state index contributed by atoms with van der Waals surface area (Å²) in [6, 6.07) is 7.56. The Morgan fingerprint density at radius 2 is 1.98 bits per heavy atom. The molecule has 4 aromatic rings. The van der Waals surface area contributed by atoms with Gasteiger partial charge in [0.2, 0.25) is 5.82 Å². The van der Waals surface area contributed by atoms with Crippen LogP contribution in [-0.2, 0) is 0 Å². The van der Waals surface area contributed by atoms with Crippen molar-refractivity contribution in [3.8, 4) is 28.8 Å². The van der Waals surface area contributed by atoms with Crippen molar-refractivity contribution in [3.63, 3.8) is 0 Å². The minimum atomic E-state index is -0.933. The van der Waals surface area contributed by atoms with Crippen LogP contribution in [0.2, 0.25) is 0 Å². The van der Waals surface area contributed by atoms with E-state index in [1.807, 2.05) is 0 Å². The second kappa shape index (κ2) is 9.51. The average Bonchev–Trinajstić information content (AvgIpc) is 3.52. The molecule has 0 amide bonds. The Labute approximate surface area is 240 Å². The van der Waals surface area contributed by atoms with Crippen LogP contribution >= 0.6 is 0 Å². The quantitative estimate of drug-likeness (QED) is 0.348. The van der Waals surface area contributed by atoms with Crippen LogP contribution in [0.25, 0.3) is 33.1 Å². The Hall–Kier alpha value is -4.01. The number of halogens is 3. The summed E-state index contributed by atoms with van der Waals surface area (Å²) in [6.45, 7) is 2.61. The van der Waals surface area contributed by atoms with E-state index in [1.54, 1.807) is 6.07 Å². The molecule has 214 valence electrons. The van der Waals surface area contributed by atoms with Gasteiger partial charge in [-0.3, -0.25) is 4.90 Å². The number of anilines is 1. The van der Waals surface area contributed by atoms with E-state index in [0.29, 0.717) is 30.7 Å². The largest absolute Gasteiger partial charge is 0.508 e. The van der Waals surface area contributed by atoms with Gasteiger partial charge in [0, 0.05) is 49.1 Å². The lowest BCUT2D eigenvalue weighted by molar-refractivity contribution is 0.255. The minimum Gasteiger partial charge on any atom is -0.508 e. The number of hydrogen-bond acceptors (Lipinski definition) is 8. The fourth-order valence-electron chi connectivity index (χ4n) is 7.36. The number of nitrogens with zero attached hydrogens (tertiary/aromatic N) is 6. The second-order valence-electron chi connectivity index (χ2n) is 11.9. The normalized spacial score (nSPS) is 27.0. The van der Waals surface area contributed by atoms with Crippen molar-refractivity contribution in [3.05, 3.63) is 47.8 Å². The molecule has 0 saturated carbocycles. The SMILES string of the molecule is Oc1cc(-c2nnc3c(N4C[C@H]5CC[C@@H]4CN5)nc(C#C[C@@]45CCCN4C[C@H](F)C5)nc3c2F)c2c(F)cccc2c1. The molecule has 2 aromatic carbocycles. The first kappa shape index (κ1) is 25.7. The standard InChI is InChI=1S/C31H28F3N7O/c32-18-13-31(8-2-10-40(31)15-18)9-7-24-36-28-26(34)27(22-12-21(42)11-17-3-1-4-23(33)25(17)22)38-39-29(28)30(37-24)41-16-19-5-6-20(41)14-35-19/h1,3-4,11-12,18-20,35,42H,2,5-6,8,10,13-16H2/t18-,19-,20-,31-/m1/s1. The van der Waals surface area contributed by atoms with Crippen molar-refractivity contribution in [2.24, 2.45) is 0 Å². The van der Waals surface area contributed by atoms with Crippen LogP contribution in [0.1, 0.15) is 37.9 Å². The average molecular weight is 572 g/mol. The molecule has 0 unspecified atom stereocenters. The van der Waals surface area contributed by atoms with Gasteiger partial charge in [0.1, 0.15) is 28.9 Å². The summed E-state index contributed by atoms with van der Waals surface area (Å²) in [5.41, 5.74) is -0.596. The molecule has 2 aromatic heterocycles. The zero-order chi connectivity index (χ0) is 28.6. The van der Waals surface area contributed by atoms with Gasteiger partial charge in [-0.15, -0.1) is 10.2 Å². The lowest BCUT2D eigenvalue weighted by Gasteiger charge is -2.46. The molecular weight excluding hydrogens is 543 g/mol. The Morgan fingerprint density at radius 3 is 2.79 bits per heavy atom. The number of piperazine rings is 1. The molecule has 2 N–H and O–H groups in total. The number of aromatic nitrogens is 4. The molecule has 0 radical (unpaired) electrons. The number of aromatic hydroxyl groups is 1. The van der Waals surface area contributed by atoms with Gasteiger partial charge in [-0.1, -0.05) is 18.1 Å². The number of phenols is 1. The first-order valence-corrected chi connectivity index (χ1v) is 14.5. The summed E-state index contributed by atoms with van der Waals surface area (Å²) >= 11 is 0. The third-order valence-corrected chi connectivity index (χ3v) is 9.33. The summed E-state index contributed by atoms with van der Waals surface area (Å²) in [7, 11) is 0. The van der Waals surface area contributed by atoms with Crippen LogP contribution in [-0.4, -0.2) is 80.1 Å². The summed E-state index contributed by atoms with van der Waals surface area (Å²) in [6.07, 6.45) is 3.11. The van der Waals surface area contributed by atoms with Crippen LogP contribution in [0.5, 0.6) is 5.75 Å². The highest BCUT2D eigenvalue weighted by molar-refractivity contribution is 5.99. The fraction of sp³-hybridized carbons (Fsp3) is 0.419. The maximum absolute atomic E-state index is 16.5. The highest BCUT2D eigenvalue weighted by Crippen LogP contribution is 2.40. The lowest BCUT2D eigenvalue weighted by atomic mass is 9.93. The molecule has 4 atom stereocenters. The van der Waals surface area contributed by atoms with E-state index in [4.69, 9.17) is 4.98 Å². The zero-order valence-corrected chi connectivity index (χ0v) is 22.7. The number of fused-ring (bicyclic) bond motifs is 6. The van der Waals surface area contributed by atoms with Gasteiger partial charge in [-0.05, 0) is 61.7 Å². The van der Waals surface area contributed by atoms with E-state index < -0.39 is 23.3 Å². The molecule has 5 saturated heterocycles. The minimum absolute atomic E-state index is 0.0736. The molecule has 0 spiro atoms. The Kier molecular flexibility index (Phi) is 5.81. The van der Waals surface area contributed by atoms with Crippen molar-refractivity contribution in [1.29, 1.82) is 0 Å². The topological polar surface area (TPSA) is 90.3 Å². The van der Waals surface area contributed by atoms with E-state index in [-0.39, 0.29) is 51.3 Å². The molecule has 5 aliphatic rings. The van der Waals surface area contributed by atoms with E-state index in [1.165, 1.54) is 24.3 Å². The smallest absolute Gasteiger partial charge is 0.207 e. The van der Waals surface area contributed by atoms with Crippen LogP contribution in [0, 0.1) is 23.5 Å². The van der Waals surface area contributed by atoms with Crippen molar-refractivity contribution in [1.82, 2.24) is 30.4 Å². The van der Waals surface area contributed by atoms with E-state index >= 15 is 8.78 Å². The summed E-state index contributed by atoms with van der Waals surface area (Å²) in [5.74, 6) is 5.42. The van der Waals surface area contributed by atoms with E-state index in [9.17, 15) is 9.50 Å². The Balaban J connectivity index is 1.33. The van der Waals surface area contributed by atoms with Gasteiger partial charge in [0.15, 0.2) is 17.2 Å². The van der Waals surface area contributed by atoms with Crippen molar-refractivity contribution in [2.75, 3.05) is 31.1 Å². The van der Waals surface area contributed by atoms with Gasteiger partial charge in [0.25, 0.3) is 0 Å². The third kappa shape index (κ3) is 4.00. The predicted molar refractivity (Wildman–Crippen MR) is 152 cm³/mol. The zero-order valence-electron chi connectivity index (χ0n) is 22.7. The molecule has 0 aliphatic carbocycles. The van der Waals surface area contributed by atoms with Crippen LogP contribution in [0.3, 0.4) is 0 Å². The van der Waals surface area contributed by atoms with Crippen molar-refractivity contribution in [2.45, 2.75) is 55.9 Å². The monoisotopic (exact) mass is 571 g/mol. The molecule has 11 heteroatoms. The summed E-state index contributed by atoms with van der Waals surface area (Å²) < 4.78 is 45.9. The van der Waals surface area contributed by atoms with Crippen molar-refractivity contribution < 1.29 is 18.3 Å². The van der Waals surface area contributed by atoms with Crippen LogP contribution in [0.15, 0.2) is 30.3 Å². The van der Waals surface area contributed by atoms with Crippen LogP contribution < -0.4 is 10.2 Å². The molecule has 2 bridgehead atoms. The van der Waals surface area contributed by atoms with Gasteiger partial charge in [0.05, 0.1) is 5.54 Å². The first-order chi connectivity index (χ1) is 20.4. The molecule has 7 heterocycles. The fourth-order valence-corrected chi connectivity index (χ4v) is 7.36. The molecule has 8 nitrogen and oxygen atoms in total. The third-order valence-electron chi connectivity index (χ3n) is 9.33. The number of phenolic OH excluding ortho intramolecular Hbond substituents is 1. The lowest BCUT2D eigenvalue weighted by Crippen LogP contribution is -2.61. The van der Waals surface area contributed by atoms with Gasteiger partial charge < -0.3 is 15.3 Å². The molecule has 5 aliphatic heterocycles. The Morgan fingerprint density at radius 1 is 1.07 bits per heavy atom. The Bertz CT molecular complexity index is 1820. The van der Waals surface area contributed by atoms with Gasteiger partial charge in [-0.25, -0.2) is 23.1 Å². The number of piperidine rings is 2. The number of rotatable bonds is 2. The maximum atomic E-state index is 16.5. The number of benzene rings is 2. The summed E-state index contributed by atoms with van der Waals surface area (Å²) in [4.78, 5) is 13.5. The molecular formula is C31H28F3N7O. The van der Waals surface area contributed by atoms with E-state index in [0.717, 1.165) is 38.8 Å². The van der Waals surface area contributed by atoms with Crippen LogP contribution in [0.4, 0.5) is 19.0 Å². The number of nitrogens with one attached hydrogen (secondary N) is 1. The highest BCUT2D eigenvalue weighted by Gasteiger charge is 2.47. The van der Waals surface area contributed by atoms with Gasteiger partial charge >= 0.3 is 0 Å².